The molecule has 1 saturated heterocycles. The standard InChI is InChI=1S/C16H32N2/c1-6-15-8-7-10-18(11-9-15)13-14(2)12-17-16(3,4)5/h15,17H,2,6-13H2,1,3-5H3. The van der Waals surface area contributed by atoms with Crippen LogP contribution in [-0.4, -0.2) is 36.6 Å². The second-order valence-electron chi connectivity index (χ2n) is 6.83. The van der Waals surface area contributed by atoms with Crippen molar-refractivity contribution in [2.75, 3.05) is 26.2 Å². The maximum Gasteiger partial charge on any atom is 0.0202 e. The highest BCUT2D eigenvalue weighted by Crippen LogP contribution is 2.20. The van der Waals surface area contributed by atoms with Gasteiger partial charge in [-0.05, 0) is 64.6 Å². The van der Waals surface area contributed by atoms with Crippen molar-refractivity contribution in [3.8, 4) is 0 Å². The Kier molecular flexibility index (Phi) is 6.37. The van der Waals surface area contributed by atoms with Crippen molar-refractivity contribution in [3.05, 3.63) is 12.2 Å². The van der Waals surface area contributed by atoms with E-state index in [1.54, 1.807) is 0 Å². The highest BCUT2D eigenvalue weighted by atomic mass is 15.1. The molecule has 1 aliphatic heterocycles. The van der Waals surface area contributed by atoms with E-state index in [9.17, 15) is 0 Å². The van der Waals surface area contributed by atoms with E-state index in [1.807, 2.05) is 0 Å². The van der Waals surface area contributed by atoms with Gasteiger partial charge in [0, 0.05) is 18.6 Å². The lowest BCUT2D eigenvalue weighted by atomic mass is 9.98. The minimum atomic E-state index is 0.190. The molecule has 0 amide bonds. The fourth-order valence-electron chi connectivity index (χ4n) is 2.55. The van der Waals surface area contributed by atoms with Gasteiger partial charge in [-0.3, -0.25) is 4.90 Å². The molecule has 0 radical (unpaired) electrons. The first kappa shape index (κ1) is 15.7. The van der Waals surface area contributed by atoms with Gasteiger partial charge in [-0.2, -0.15) is 0 Å². The summed E-state index contributed by atoms with van der Waals surface area (Å²) < 4.78 is 0. The van der Waals surface area contributed by atoms with E-state index in [4.69, 9.17) is 0 Å². The summed E-state index contributed by atoms with van der Waals surface area (Å²) in [6.07, 6.45) is 5.50. The molecule has 1 atom stereocenters. The maximum atomic E-state index is 4.22. The summed E-state index contributed by atoms with van der Waals surface area (Å²) in [4.78, 5) is 2.59. The Labute approximate surface area is 114 Å². The topological polar surface area (TPSA) is 15.3 Å². The third-order valence-corrected chi connectivity index (χ3v) is 3.83. The Hall–Kier alpha value is -0.340. The van der Waals surface area contributed by atoms with Crippen LogP contribution in [0.1, 0.15) is 53.4 Å². The number of nitrogens with zero attached hydrogens (tertiary/aromatic N) is 1. The second-order valence-corrected chi connectivity index (χ2v) is 6.83. The number of nitrogens with one attached hydrogen (secondary N) is 1. The van der Waals surface area contributed by atoms with E-state index in [2.05, 4.69) is 44.5 Å². The van der Waals surface area contributed by atoms with Crippen molar-refractivity contribution in [1.82, 2.24) is 10.2 Å². The maximum absolute atomic E-state index is 4.22. The molecule has 0 saturated carbocycles. The summed E-state index contributed by atoms with van der Waals surface area (Å²) in [6, 6.07) is 0. The zero-order valence-electron chi connectivity index (χ0n) is 12.9. The molecule has 2 heteroatoms. The summed E-state index contributed by atoms with van der Waals surface area (Å²) in [5, 5.41) is 3.52. The van der Waals surface area contributed by atoms with Crippen LogP contribution in [0.25, 0.3) is 0 Å². The van der Waals surface area contributed by atoms with Gasteiger partial charge in [0.25, 0.3) is 0 Å². The molecule has 1 unspecified atom stereocenters. The third kappa shape index (κ3) is 6.55. The Morgan fingerprint density at radius 2 is 2.00 bits per heavy atom. The molecule has 2 nitrogen and oxygen atoms in total. The van der Waals surface area contributed by atoms with Gasteiger partial charge in [0.05, 0.1) is 0 Å². The molecule has 1 aliphatic rings. The highest BCUT2D eigenvalue weighted by molar-refractivity contribution is 5.01. The van der Waals surface area contributed by atoms with Crippen LogP contribution in [0.2, 0.25) is 0 Å². The quantitative estimate of drug-likeness (QED) is 0.754. The van der Waals surface area contributed by atoms with Crippen LogP contribution in [-0.2, 0) is 0 Å². The van der Waals surface area contributed by atoms with E-state index in [-0.39, 0.29) is 5.54 Å². The van der Waals surface area contributed by atoms with Crippen molar-refractivity contribution < 1.29 is 0 Å². The van der Waals surface area contributed by atoms with Crippen LogP contribution in [0.3, 0.4) is 0 Å². The minimum absolute atomic E-state index is 0.190. The van der Waals surface area contributed by atoms with Crippen molar-refractivity contribution in [1.29, 1.82) is 0 Å². The van der Waals surface area contributed by atoms with Gasteiger partial charge in [0.15, 0.2) is 0 Å². The Bertz CT molecular complexity index is 252. The monoisotopic (exact) mass is 252 g/mol. The van der Waals surface area contributed by atoms with Crippen LogP contribution >= 0.6 is 0 Å². The molecular formula is C16H32N2. The average molecular weight is 252 g/mol. The van der Waals surface area contributed by atoms with E-state index >= 15 is 0 Å². The van der Waals surface area contributed by atoms with E-state index < -0.39 is 0 Å². The number of hydrogen-bond donors (Lipinski definition) is 1. The molecule has 0 aliphatic carbocycles. The summed E-state index contributed by atoms with van der Waals surface area (Å²) in [7, 11) is 0. The van der Waals surface area contributed by atoms with Gasteiger partial charge < -0.3 is 5.32 Å². The van der Waals surface area contributed by atoms with Gasteiger partial charge in [0.2, 0.25) is 0 Å². The first-order chi connectivity index (χ1) is 8.40. The molecule has 0 spiro atoms. The van der Waals surface area contributed by atoms with Crippen LogP contribution in [0.15, 0.2) is 12.2 Å². The lowest BCUT2D eigenvalue weighted by molar-refractivity contribution is 0.298. The van der Waals surface area contributed by atoms with E-state index in [0.29, 0.717) is 0 Å². The minimum Gasteiger partial charge on any atom is -0.308 e. The Balaban J connectivity index is 2.27. The fraction of sp³-hybridized carbons (Fsp3) is 0.875. The average Bonchev–Trinajstić information content (AvgIpc) is 2.51. The van der Waals surface area contributed by atoms with Gasteiger partial charge >= 0.3 is 0 Å². The normalized spacial score (nSPS) is 22.8. The molecular weight excluding hydrogens is 220 g/mol. The summed E-state index contributed by atoms with van der Waals surface area (Å²) in [5.74, 6) is 0.955. The van der Waals surface area contributed by atoms with Crippen molar-refractivity contribution in [2.45, 2.75) is 58.9 Å². The fourth-order valence-corrected chi connectivity index (χ4v) is 2.55. The van der Waals surface area contributed by atoms with Crippen molar-refractivity contribution in [2.24, 2.45) is 5.92 Å². The van der Waals surface area contributed by atoms with Gasteiger partial charge in [0.1, 0.15) is 0 Å². The van der Waals surface area contributed by atoms with Gasteiger partial charge in [-0.1, -0.05) is 19.9 Å². The highest BCUT2D eigenvalue weighted by Gasteiger charge is 2.16. The SMILES string of the molecule is C=C(CNC(C)(C)C)CN1CCCC(CC)CC1. The summed E-state index contributed by atoms with van der Waals surface area (Å²) in [6.45, 7) is 17.7. The van der Waals surface area contributed by atoms with Crippen molar-refractivity contribution in [3.63, 3.8) is 0 Å². The summed E-state index contributed by atoms with van der Waals surface area (Å²) >= 11 is 0. The van der Waals surface area contributed by atoms with Gasteiger partial charge in [-0.25, -0.2) is 0 Å². The Morgan fingerprint density at radius 3 is 2.61 bits per heavy atom. The van der Waals surface area contributed by atoms with Crippen LogP contribution in [0.4, 0.5) is 0 Å². The van der Waals surface area contributed by atoms with Crippen LogP contribution in [0, 0.1) is 5.92 Å². The molecule has 1 heterocycles. The van der Waals surface area contributed by atoms with Gasteiger partial charge in [-0.15, -0.1) is 0 Å². The Morgan fingerprint density at radius 1 is 1.28 bits per heavy atom. The number of hydrogen-bond acceptors (Lipinski definition) is 2. The van der Waals surface area contributed by atoms with E-state index in [1.165, 1.54) is 44.3 Å². The molecule has 1 N–H and O–H groups in total. The van der Waals surface area contributed by atoms with E-state index in [0.717, 1.165) is 19.0 Å². The third-order valence-electron chi connectivity index (χ3n) is 3.83. The largest absolute Gasteiger partial charge is 0.308 e. The van der Waals surface area contributed by atoms with Crippen molar-refractivity contribution >= 4 is 0 Å². The predicted octanol–water partition coefficient (Wildman–Crippen LogP) is 3.44. The van der Waals surface area contributed by atoms with Crippen LogP contribution in [0.5, 0.6) is 0 Å². The molecule has 0 aromatic carbocycles. The predicted molar refractivity (Wildman–Crippen MR) is 81.0 cm³/mol. The molecule has 1 rings (SSSR count). The molecule has 0 bridgehead atoms. The molecule has 0 aromatic rings. The first-order valence-corrected chi connectivity index (χ1v) is 7.54. The smallest absolute Gasteiger partial charge is 0.0202 e. The molecule has 1 fully saturated rings. The number of rotatable bonds is 5. The molecule has 106 valence electrons. The first-order valence-electron chi connectivity index (χ1n) is 7.54. The lowest BCUT2D eigenvalue weighted by Gasteiger charge is -2.25. The zero-order chi connectivity index (χ0) is 13.6. The molecule has 0 aromatic heterocycles. The lowest BCUT2D eigenvalue weighted by Crippen LogP contribution is -2.39. The zero-order valence-corrected chi connectivity index (χ0v) is 12.9. The number of likely N-dealkylation sites (tertiary alicyclic amines) is 1. The van der Waals surface area contributed by atoms with Crippen LogP contribution < -0.4 is 5.32 Å². The second kappa shape index (κ2) is 7.30. The molecule has 18 heavy (non-hydrogen) atoms. The summed E-state index contributed by atoms with van der Waals surface area (Å²) in [5.41, 5.74) is 1.51.